The highest BCUT2D eigenvalue weighted by Gasteiger charge is 2.10. The molecule has 0 saturated carbocycles. The summed E-state index contributed by atoms with van der Waals surface area (Å²) in [4.78, 5) is 8.25. The number of rotatable bonds is 2. The molecular formula is C14H11ClN4. The quantitative estimate of drug-likeness (QED) is 0.718. The summed E-state index contributed by atoms with van der Waals surface area (Å²) in [6, 6.07) is 13.6. The van der Waals surface area contributed by atoms with Crippen molar-refractivity contribution in [2.24, 2.45) is 0 Å². The number of nitrogens with zero attached hydrogens (tertiary/aromatic N) is 4. The van der Waals surface area contributed by atoms with Gasteiger partial charge in [0.25, 0.3) is 0 Å². The summed E-state index contributed by atoms with van der Waals surface area (Å²) in [5.41, 5.74) is 2.72. The van der Waals surface area contributed by atoms with Crippen LogP contribution in [0.25, 0.3) is 17.1 Å². The zero-order valence-electron chi connectivity index (χ0n) is 10.3. The lowest BCUT2D eigenvalue weighted by atomic mass is 10.2. The molecule has 0 amide bonds. The van der Waals surface area contributed by atoms with Crippen molar-refractivity contribution in [2.45, 2.75) is 6.92 Å². The molecule has 19 heavy (non-hydrogen) atoms. The maximum absolute atomic E-state index is 6.22. The largest absolute Gasteiger partial charge is 0.242 e. The predicted molar refractivity (Wildman–Crippen MR) is 74.3 cm³/mol. The Hall–Kier alpha value is -2.20. The molecule has 0 aliphatic rings. The molecule has 0 aliphatic heterocycles. The fourth-order valence-electron chi connectivity index (χ4n) is 1.83. The van der Waals surface area contributed by atoms with Crippen molar-refractivity contribution in [2.75, 3.05) is 0 Å². The lowest BCUT2D eigenvalue weighted by Crippen LogP contribution is -2.01. The first-order chi connectivity index (χ1) is 9.24. The molecule has 0 radical (unpaired) electrons. The van der Waals surface area contributed by atoms with Gasteiger partial charge in [-0.2, -0.15) is 5.10 Å². The van der Waals surface area contributed by atoms with Crippen LogP contribution in [0.3, 0.4) is 0 Å². The lowest BCUT2D eigenvalue weighted by molar-refractivity contribution is 0.838. The summed E-state index contributed by atoms with van der Waals surface area (Å²) in [6.07, 6.45) is 1.50. The Labute approximate surface area is 115 Å². The van der Waals surface area contributed by atoms with Crippen LogP contribution in [0.2, 0.25) is 5.15 Å². The first-order valence-corrected chi connectivity index (χ1v) is 6.22. The van der Waals surface area contributed by atoms with E-state index in [1.165, 1.54) is 6.33 Å². The fraction of sp³-hybridized carbons (Fsp3) is 0.0714. The molecule has 5 heteroatoms. The molecule has 1 aromatic carbocycles. The van der Waals surface area contributed by atoms with Crippen LogP contribution in [0.5, 0.6) is 0 Å². The highest BCUT2D eigenvalue weighted by Crippen LogP contribution is 2.23. The van der Waals surface area contributed by atoms with Gasteiger partial charge >= 0.3 is 0 Å². The molecule has 0 saturated heterocycles. The number of aryl methyl sites for hydroxylation is 1. The minimum Gasteiger partial charge on any atom is -0.242 e. The van der Waals surface area contributed by atoms with Crippen LogP contribution in [-0.4, -0.2) is 19.7 Å². The number of hydrogen-bond acceptors (Lipinski definition) is 3. The SMILES string of the molecule is Cc1cc(-n2nc(-c3ccccc3)cc2Cl)ncn1. The van der Waals surface area contributed by atoms with Gasteiger partial charge in [0.15, 0.2) is 5.82 Å². The Morgan fingerprint density at radius 2 is 1.84 bits per heavy atom. The Morgan fingerprint density at radius 3 is 2.58 bits per heavy atom. The molecule has 0 N–H and O–H groups in total. The van der Waals surface area contributed by atoms with Crippen molar-refractivity contribution in [1.82, 2.24) is 19.7 Å². The van der Waals surface area contributed by atoms with Gasteiger partial charge in [0, 0.05) is 23.4 Å². The topological polar surface area (TPSA) is 43.6 Å². The number of aromatic nitrogens is 4. The molecule has 2 heterocycles. The van der Waals surface area contributed by atoms with Gasteiger partial charge in [-0.05, 0) is 6.92 Å². The molecule has 0 unspecified atom stereocenters. The van der Waals surface area contributed by atoms with Crippen LogP contribution in [-0.2, 0) is 0 Å². The zero-order chi connectivity index (χ0) is 13.2. The van der Waals surface area contributed by atoms with Crippen molar-refractivity contribution >= 4 is 11.6 Å². The Balaban J connectivity index is 2.08. The fourth-order valence-corrected chi connectivity index (χ4v) is 2.05. The third kappa shape index (κ3) is 2.35. The summed E-state index contributed by atoms with van der Waals surface area (Å²) < 4.78 is 1.61. The van der Waals surface area contributed by atoms with Gasteiger partial charge in [0.05, 0.1) is 5.69 Å². The van der Waals surface area contributed by atoms with E-state index < -0.39 is 0 Å². The van der Waals surface area contributed by atoms with Crippen molar-refractivity contribution in [3.05, 3.63) is 59.6 Å². The maximum Gasteiger partial charge on any atom is 0.158 e. The molecule has 4 nitrogen and oxygen atoms in total. The van der Waals surface area contributed by atoms with Gasteiger partial charge in [-0.1, -0.05) is 41.9 Å². The number of hydrogen-bond donors (Lipinski definition) is 0. The average Bonchev–Trinajstić information content (AvgIpc) is 2.82. The van der Waals surface area contributed by atoms with Gasteiger partial charge in [0.2, 0.25) is 0 Å². The van der Waals surface area contributed by atoms with Gasteiger partial charge in [-0.15, -0.1) is 0 Å². The maximum atomic E-state index is 6.22. The van der Waals surface area contributed by atoms with Gasteiger partial charge in [-0.25, -0.2) is 14.6 Å². The normalized spacial score (nSPS) is 10.6. The summed E-state index contributed by atoms with van der Waals surface area (Å²) in [5.74, 6) is 0.666. The van der Waals surface area contributed by atoms with Crippen LogP contribution in [0.1, 0.15) is 5.69 Å². The summed E-state index contributed by atoms with van der Waals surface area (Å²) in [6.45, 7) is 1.90. The molecule has 3 aromatic rings. The predicted octanol–water partition coefficient (Wildman–Crippen LogP) is 3.29. The first-order valence-electron chi connectivity index (χ1n) is 5.84. The van der Waals surface area contributed by atoms with E-state index in [2.05, 4.69) is 15.1 Å². The van der Waals surface area contributed by atoms with E-state index in [0.29, 0.717) is 11.0 Å². The molecule has 0 aliphatic carbocycles. The molecule has 0 atom stereocenters. The van der Waals surface area contributed by atoms with Gasteiger partial charge in [-0.3, -0.25) is 0 Å². The standard InChI is InChI=1S/C14H11ClN4/c1-10-7-14(17-9-16-10)19-13(15)8-12(18-19)11-5-3-2-4-6-11/h2-9H,1H3. The highest BCUT2D eigenvalue weighted by atomic mass is 35.5. The Morgan fingerprint density at radius 1 is 1.05 bits per heavy atom. The zero-order valence-corrected chi connectivity index (χ0v) is 11.0. The Bertz CT molecular complexity index is 706. The molecule has 0 spiro atoms. The van der Waals surface area contributed by atoms with Crippen molar-refractivity contribution < 1.29 is 0 Å². The van der Waals surface area contributed by atoms with E-state index in [4.69, 9.17) is 11.6 Å². The van der Waals surface area contributed by atoms with Crippen LogP contribution < -0.4 is 0 Å². The monoisotopic (exact) mass is 270 g/mol. The second-order valence-electron chi connectivity index (χ2n) is 4.15. The lowest BCUT2D eigenvalue weighted by Gasteiger charge is -2.01. The molecule has 2 aromatic heterocycles. The highest BCUT2D eigenvalue weighted by molar-refractivity contribution is 6.30. The van der Waals surface area contributed by atoms with Crippen molar-refractivity contribution in [3.63, 3.8) is 0 Å². The van der Waals surface area contributed by atoms with E-state index in [1.807, 2.05) is 49.4 Å². The first kappa shape index (κ1) is 11.9. The third-order valence-corrected chi connectivity index (χ3v) is 3.01. The van der Waals surface area contributed by atoms with Crippen molar-refractivity contribution in [3.8, 4) is 17.1 Å². The number of benzene rings is 1. The number of halogens is 1. The van der Waals surface area contributed by atoms with E-state index in [9.17, 15) is 0 Å². The van der Waals surface area contributed by atoms with E-state index in [-0.39, 0.29) is 0 Å². The smallest absolute Gasteiger partial charge is 0.158 e. The average molecular weight is 271 g/mol. The molecule has 0 bridgehead atoms. The van der Waals surface area contributed by atoms with Crippen LogP contribution in [0.4, 0.5) is 0 Å². The molecule has 0 fully saturated rings. The molecule has 94 valence electrons. The van der Waals surface area contributed by atoms with Crippen LogP contribution in [0, 0.1) is 6.92 Å². The van der Waals surface area contributed by atoms with Gasteiger partial charge < -0.3 is 0 Å². The summed E-state index contributed by atoms with van der Waals surface area (Å²) >= 11 is 6.22. The van der Waals surface area contributed by atoms with E-state index in [1.54, 1.807) is 4.68 Å². The third-order valence-electron chi connectivity index (χ3n) is 2.74. The van der Waals surface area contributed by atoms with Crippen LogP contribution in [0.15, 0.2) is 48.8 Å². The van der Waals surface area contributed by atoms with Crippen LogP contribution >= 0.6 is 11.6 Å². The minimum absolute atomic E-state index is 0.525. The van der Waals surface area contributed by atoms with E-state index >= 15 is 0 Å². The minimum atomic E-state index is 0.525. The van der Waals surface area contributed by atoms with E-state index in [0.717, 1.165) is 17.0 Å². The summed E-state index contributed by atoms with van der Waals surface area (Å²) in [5, 5.41) is 5.01. The second kappa shape index (κ2) is 4.82. The molecule has 3 rings (SSSR count). The Kier molecular flexibility index (Phi) is 3.01. The summed E-state index contributed by atoms with van der Waals surface area (Å²) in [7, 11) is 0. The second-order valence-corrected chi connectivity index (χ2v) is 4.53. The molecular weight excluding hydrogens is 260 g/mol. The van der Waals surface area contributed by atoms with Crippen molar-refractivity contribution in [1.29, 1.82) is 0 Å². The van der Waals surface area contributed by atoms with Gasteiger partial charge in [0.1, 0.15) is 11.5 Å².